The maximum Gasteiger partial charge on any atom is 0.141 e. The van der Waals surface area contributed by atoms with E-state index in [1.54, 1.807) is 0 Å². The molecule has 2 rings (SSSR count). The smallest absolute Gasteiger partial charge is 0.141 e. The predicted octanol–water partition coefficient (Wildman–Crippen LogP) is 2.73. The summed E-state index contributed by atoms with van der Waals surface area (Å²) in [4.78, 5) is 4.12. The molecule has 90 valence electrons. The van der Waals surface area contributed by atoms with Gasteiger partial charge in [-0.3, -0.25) is 5.10 Å². The highest BCUT2D eigenvalue weighted by molar-refractivity contribution is 9.10. The number of aromatic nitrogens is 3. The highest BCUT2D eigenvalue weighted by atomic mass is 79.9. The Kier molecular flexibility index (Phi) is 3.91. The van der Waals surface area contributed by atoms with Crippen LogP contribution < -0.4 is 5.32 Å². The maximum atomic E-state index is 4.12. The molecule has 0 aliphatic heterocycles. The van der Waals surface area contributed by atoms with Gasteiger partial charge in [0.15, 0.2) is 0 Å². The minimum Gasteiger partial charge on any atom is -0.303 e. The molecule has 0 saturated carbocycles. The molecule has 4 nitrogen and oxygen atoms in total. The Morgan fingerprint density at radius 2 is 2.29 bits per heavy atom. The Hall–Kier alpha value is -1.20. The van der Waals surface area contributed by atoms with E-state index in [0.29, 0.717) is 0 Å². The Morgan fingerprint density at radius 1 is 1.47 bits per heavy atom. The van der Waals surface area contributed by atoms with E-state index < -0.39 is 0 Å². The SMILES string of the molecule is Cc1cc(CNC(C)c2ncn[nH]2)ccc1Br. The van der Waals surface area contributed by atoms with Crippen molar-refractivity contribution >= 4 is 15.9 Å². The predicted molar refractivity (Wildman–Crippen MR) is 70.5 cm³/mol. The van der Waals surface area contributed by atoms with Gasteiger partial charge in [0, 0.05) is 11.0 Å². The third-order valence-corrected chi connectivity index (χ3v) is 3.57. The zero-order chi connectivity index (χ0) is 12.3. The van der Waals surface area contributed by atoms with E-state index in [2.05, 4.69) is 68.5 Å². The molecule has 1 atom stereocenters. The van der Waals surface area contributed by atoms with Crippen LogP contribution in [0.25, 0.3) is 0 Å². The first-order chi connectivity index (χ1) is 8.16. The molecule has 17 heavy (non-hydrogen) atoms. The monoisotopic (exact) mass is 294 g/mol. The van der Waals surface area contributed by atoms with Crippen molar-refractivity contribution in [2.45, 2.75) is 26.4 Å². The Morgan fingerprint density at radius 3 is 2.94 bits per heavy atom. The van der Waals surface area contributed by atoms with Crippen LogP contribution in [-0.4, -0.2) is 15.2 Å². The van der Waals surface area contributed by atoms with Crippen molar-refractivity contribution in [2.24, 2.45) is 0 Å². The Labute approximate surface area is 109 Å². The van der Waals surface area contributed by atoms with Gasteiger partial charge in [0.1, 0.15) is 12.2 Å². The number of hydrogen-bond acceptors (Lipinski definition) is 3. The molecule has 5 heteroatoms. The summed E-state index contributed by atoms with van der Waals surface area (Å²) in [5.41, 5.74) is 2.51. The van der Waals surface area contributed by atoms with Crippen molar-refractivity contribution in [1.29, 1.82) is 0 Å². The third kappa shape index (κ3) is 3.14. The Balaban J connectivity index is 1.96. The van der Waals surface area contributed by atoms with Crippen molar-refractivity contribution in [3.8, 4) is 0 Å². The first-order valence-corrected chi connectivity index (χ1v) is 6.30. The fourth-order valence-corrected chi connectivity index (χ4v) is 1.85. The van der Waals surface area contributed by atoms with Gasteiger partial charge in [-0.15, -0.1) is 0 Å². The van der Waals surface area contributed by atoms with Crippen molar-refractivity contribution in [3.05, 3.63) is 46.0 Å². The van der Waals surface area contributed by atoms with E-state index in [4.69, 9.17) is 0 Å². The molecule has 2 aromatic rings. The van der Waals surface area contributed by atoms with Crippen LogP contribution >= 0.6 is 15.9 Å². The fourth-order valence-electron chi connectivity index (χ4n) is 1.61. The number of halogens is 1. The number of hydrogen-bond donors (Lipinski definition) is 2. The lowest BCUT2D eigenvalue weighted by atomic mass is 10.1. The van der Waals surface area contributed by atoms with Crippen LogP contribution in [0.15, 0.2) is 29.0 Å². The van der Waals surface area contributed by atoms with E-state index in [0.717, 1.165) is 16.8 Å². The van der Waals surface area contributed by atoms with Crippen molar-refractivity contribution in [2.75, 3.05) is 0 Å². The standard InChI is InChI=1S/C12H15BrN4/c1-8-5-10(3-4-11(8)13)6-14-9(2)12-15-7-16-17-12/h3-5,7,9,14H,6H2,1-2H3,(H,15,16,17). The van der Waals surface area contributed by atoms with Crippen LogP contribution in [0.2, 0.25) is 0 Å². The van der Waals surface area contributed by atoms with Crippen LogP contribution in [-0.2, 0) is 6.54 Å². The van der Waals surface area contributed by atoms with Crippen molar-refractivity contribution < 1.29 is 0 Å². The molecule has 0 spiro atoms. The van der Waals surface area contributed by atoms with E-state index in [9.17, 15) is 0 Å². The summed E-state index contributed by atoms with van der Waals surface area (Å²) < 4.78 is 1.14. The molecular weight excluding hydrogens is 280 g/mol. The molecule has 0 fully saturated rings. The number of rotatable bonds is 4. The second-order valence-corrected chi connectivity index (χ2v) is 4.91. The fraction of sp³-hybridized carbons (Fsp3) is 0.333. The minimum atomic E-state index is 0.168. The van der Waals surface area contributed by atoms with Gasteiger partial charge in [0.25, 0.3) is 0 Å². The zero-order valence-electron chi connectivity index (χ0n) is 9.87. The number of aryl methyl sites for hydroxylation is 1. The van der Waals surface area contributed by atoms with Gasteiger partial charge in [-0.05, 0) is 31.0 Å². The number of nitrogens with one attached hydrogen (secondary N) is 2. The van der Waals surface area contributed by atoms with Crippen molar-refractivity contribution in [3.63, 3.8) is 0 Å². The van der Waals surface area contributed by atoms with E-state index in [1.807, 2.05) is 0 Å². The number of H-pyrrole nitrogens is 1. The number of benzene rings is 1. The second kappa shape index (κ2) is 5.42. The van der Waals surface area contributed by atoms with Crippen molar-refractivity contribution in [1.82, 2.24) is 20.5 Å². The summed E-state index contributed by atoms with van der Waals surface area (Å²) in [6.07, 6.45) is 1.53. The molecule has 0 radical (unpaired) electrons. The maximum absolute atomic E-state index is 4.12. The quantitative estimate of drug-likeness (QED) is 0.912. The topological polar surface area (TPSA) is 53.6 Å². The molecular formula is C12H15BrN4. The normalized spacial score (nSPS) is 12.6. The first kappa shape index (κ1) is 12.3. The lowest BCUT2D eigenvalue weighted by Gasteiger charge is -2.11. The van der Waals surface area contributed by atoms with E-state index in [1.165, 1.54) is 17.5 Å². The summed E-state index contributed by atoms with van der Waals surface area (Å²) in [6, 6.07) is 6.52. The highest BCUT2D eigenvalue weighted by Crippen LogP contribution is 2.17. The first-order valence-electron chi connectivity index (χ1n) is 5.50. The van der Waals surface area contributed by atoms with Gasteiger partial charge < -0.3 is 5.32 Å². The molecule has 1 unspecified atom stereocenters. The molecule has 0 aliphatic carbocycles. The number of nitrogens with zero attached hydrogens (tertiary/aromatic N) is 2. The summed E-state index contributed by atoms with van der Waals surface area (Å²) >= 11 is 3.50. The summed E-state index contributed by atoms with van der Waals surface area (Å²) in [5, 5.41) is 10.1. The average molecular weight is 295 g/mol. The van der Waals surface area contributed by atoms with Gasteiger partial charge in [-0.25, -0.2) is 4.98 Å². The Bertz CT molecular complexity index is 481. The van der Waals surface area contributed by atoms with Crippen LogP contribution in [0.1, 0.15) is 29.9 Å². The molecule has 2 N–H and O–H groups in total. The second-order valence-electron chi connectivity index (χ2n) is 4.06. The molecule has 1 heterocycles. The summed E-state index contributed by atoms with van der Waals surface area (Å²) in [7, 11) is 0. The minimum absolute atomic E-state index is 0.168. The van der Waals surface area contributed by atoms with Gasteiger partial charge in [0.2, 0.25) is 0 Å². The average Bonchev–Trinajstić information content (AvgIpc) is 2.84. The van der Waals surface area contributed by atoms with E-state index in [-0.39, 0.29) is 6.04 Å². The zero-order valence-corrected chi connectivity index (χ0v) is 11.5. The molecule has 1 aromatic heterocycles. The summed E-state index contributed by atoms with van der Waals surface area (Å²) in [6.45, 7) is 4.97. The lowest BCUT2D eigenvalue weighted by molar-refractivity contribution is 0.548. The molecule has 0 bridgehead atoms. The van der Waals surface area contributed by atoms with Gasteiger partial charge in [0.05, 0.1) is 6.04 Å². The molecule has 0 aliphatic rings. The molecule has 0 amide bonds. The van der Waals surface area contributed by atoms with E-state index >= 15 is 0 Å². The third-order valence-electron chi connectivity index (χ3n) is 2.68. The lowest BCUT2D eigenvalue weighted by Crippen LogP contribution is -2.19. The van der Waals surface area contributed by atoms with Crippen LogP contribution in [0.4, 0.5) is 0 Å². The molecule has 0 saturated heterocycles. The largest absolute Gasteiger partial charge is 0.303 e. The summed E-state index contributed by atoms with van der Waals surface area (Å²) in [5.74, 6) is 0.860. The number of aromatic amines is 1. The van der Waals surface area contributed by atoms with Crippen LogP contribution in [0, 0.1) is 6.92 Å². The molecule has 1 aromatic carbocycles. The van der Waals surface area contributed by atoms with Gasteiger partial charge in [-0.2, -0.15) is 5.10 Å². The van der Waals surface area contributed by atoms with Crippen LogP contribution in [0.5, 0.6) is 0 Å². The highest BCUT2D eigenvalue weighted by Gasteiger charge is 2.07. The van der Waals surface area contributed by atoms with Gasteiger partial charge in [-0.1, -0.05) is 28.1 Å². The van der Waals surface area contributed by atoms with Gasteiger partial charge >= 0.3 is 0 Å². The van der Waals surface area contributed by atoms with Crippen LogP contribution in [0.3, 0.4) is 0 Å².